The molecule has 0 atom stereocenters. The van der Waals surface area contributed by atoms with Crippen molar-refractivity contribution in [3.63, 3.8) is 0 Å². The summed E-state index contributed by atoms with van der Waals surface area (Å²) in [6.07, 6.45) is 0. The minimum absolute atomic E-state index is 0.483. The van der Waals surface area contributed by atoms with Crippen molar-refractivity contribution < 1.29 is 4.74 Å². The Labute approximate surface area is 124 Å². The molecule has 1 nitrogen and oxygen atoms in total. The largest absolute Gasteiger partial charge is 0.489 e. The van der Waals surface area contributed by atoms with Crippen LogP contribution in [-0.4, -0.2) is 0 Å². The summed E-state index contributed by atoms with van der Waals surface area (Å²) in [5.41, 5.74) is 0.998. The van der Waals surface area contributed by atoms with E-state index in [0.29, 0.717) is 16.7 Å². The SMILES string of the molecule is Clc1ccc(COc2cccc(I)c2)cc1Cl. The summed E-state index contributed by atoms with van der Waals surface area (Å²) < 4.78 is 6.81. The number of benzene rings is 2. The molecule has 0 unspecified atom stereocenters. The van der Waals surface area contributed by atoms with Crippen molar-refractivity contribution in [2.24, 2.45) is 0 Å². The van der Waals surface area contributed by atoms with Crippen LogP contribution in [0.5, 0.6) is 5.75 Å². The fraction of sp³-hybridized carbons (Fsp3) is 0.0769. The molecule has 0 saturated carbocycles. The maximum Gasteiger partial charge on any atom is 0.120 e. The van der Waals surface area contributed by atoms with Gasteiger partial charge in [0.1, 0.15) is 12.4 Å². The van der Waals surface area contributed by atoms with E-state index in [0.717, 1.165) is 14.9 Å². The second-order valence-corrected chi connectivity index (χ2v) is 5.55. The van der Waals surface area contributed by atoms with Crippen LogP contribution in [0.1, 0.15) is 5.56 Å². The van der Waals surface area contributed by atoms with Crippen LogP contribution in [0.4, 0.5) is 0 Å². The standard InChI is InChI=1S/C13H9Cl2IO/c14-12-5-4-9(6-13(12)15)8-17-11-3-1-2-10(16)7-11/h1-7H,8H2. The van der Waals surface area contributed by atoms with Gasteiger partial charge in [0.2, 0.25) is 0 Å². The van der Waals surface area contributed by atoms with Gasteiger partial charge in [0.15, 0.2) is 0 Å². The highest BCUT2D eigenvalue weighted by Gasteiger charge is 2.01. The van der Waals surface area contributed by atoms with E-state index in [4.69, 9.17) is 27.9 Å². The van der Waals surface area contributed by atoms with E-state index < -0.39 is 0 Å². The van der Waals surface area contributed by atoms with Crippen LogP contribution >= 0.6 is 45.8 Å². The first-order valence-corrected chi connectivity index (χ1v) is 6.81. The topological polar surface area (TPSA) is 9.23 Å². The van der Waals surface area contributed by atoms with E-state index in [1.54, 1.807) is 6.07 Å². The average molecular weight is 379 g/mol. The summed E-state index contributed by atoms with van der Waals surface area (Å²) in [6, 6.07) is 13.4. The smallest absolute Gasteiger partial charge is 0.120 e. The molecular weight excluding hydrogens is 370 g/mol. The molecule has 2 aromatic carbocycles. The molecule has 0 amide bonds. The van der Waals surface area contributed by atoms with E-state index in [-0.39, 0.29) is 0 Å². The quantitative estimate of drug-likeness (QED) is 0.669. The lowest BCUT2D eigenvalue weighted by Gasteiger charge is -2.07. The van der Waals surface area contributed by atoms with E-state index in [2.05, 4.69) is 22.6 Å². The number of rotatable bonds is 3. The lowest BCUT2D eigenvalue weighted by atomic mass is 10.2. The first-order chi connectivity index (χ1) is 8.15. The van der Waals surface area contributed by atoms with Crippen molar-refractivity contribution in [2.45, 2.75) is 6.61 Å². The molecule has 0 spiro atoms. The van der Waals surface area contributed by atoms with E-state index in [1.165, 1.54) is 0 Å². The zero-order valence-corrected chi connectivity index (χ0v) is 12.5. The molecule has 0 saturated heterocycles. The number of halogens is 3. The van der Waals surface area contributed by atoms with Gasteiger partial charge in [-0.2, -0.15) is 0 Å². The molecule has 0 aliphatic carbocycles. The Bertz CT molecular complexity index is 529. The molecule has 88 valence electrons. The monoisotopic (exact) mass is 378 g/mol. The third-order valence-corrected chi connectivity index (χ3v) is 3.60. The maximum atomic E-state index is 5.93. The van der Waals surface area contributed by atoms with Gasteiger partial charge in [0.05, 0.1) is 10.0 Å². The molecular formula is C13H9Cl2IO. The lowest BCUT2D eigenvalue weighted by molar-refractivity contribution is 0.306. The van der Waals surface area contributed by atoms with Gasteiger partial charge in [0, 0.05) is 3.57 Å². The van der Waals surface area contributed by atoms with Gasteiger partial charge in [-0.05, 0) is 58.5 Å². The van der Waals surface area contributed by atoms with Gasteiger partial charge in [0.25, 0.3) is 0 Å². The first kappa shape index (κ1) is 13.0. The van der Waals surface area contributed by atoms with Crippen molar-refractivity contribution in [1.82, 2.24) is 0 Å². The molecule has 0 fully saturated rings. The van der Waals surface area contributed by atoms with Crippen molar-refractivity contribution in [3.05, 3.63) is 61.6 Å². The van der Waals surface area contributed by atoms with Crippen molar-refractivity contribution in [3.8, 4) is 5.75 Å². The molecule has 2 aromatic rings. The summed E-state index contributed by atoms with van der Waals surface area (Å²) in [7, 11) is 0. The molecule has 0 heterocycles. The molecule has 0 bridgehead atoms. The molecule has 17 heavy (non-hydrogen) atoms. The number of ether oxygens (including phenoxy) is 1. The molecule has 0 aromatic heterocycles. The van der Waals surface area contributed by atoms with Gasteiger partial charge in [-0.1, -0.05) is 35.3 Å². The van der Waals surface area contributed by atoms with E-state index >= 15 is 0 Å². The summed E-state index contributed by atoms with van der Waals surface area (Å²) in [6.45, 7) is 0.483. The molecule has 0 aliphatic rings. The summed E-state index contributed by atoms with van der Waals surface area (Å²) >= 11 is 14.0. The van der Waals surface area contributed by atoms with Gasteiger partial charge in [-0.3, -0.25) is 0 Å². The predicted octanol–water partition coefficient (Wildman–Crippen LogP) is 5.18. The van der Waals surface area contributed by atoms with E-state index in [9.17, 15) is 0 Å². The van der Waals surface area contributed by atoms with Gasteiger partial charge >= 0.3 is 0 Å². The second-order valence-electron chi connectivity index (χ2n) is 3.49. The fourth-order valence-corrected chi connectivity index (χ4v) is 2.19. The van der Waals surface area contributed by atoms with Gasteiger partial charge < -0.3 is 4.74 Å². The minimum atomic E-state index is 0.483. The first-order valence-electron chi connectivity index (χ1n) is 4.97. The third-order valence-electron chi connectivity index (χ3n) is 2.19. The molecule has 0 radical (unpaired) electrons. The van der Waals surface area contributed by atoms with Crippen LogP contribution in [0, 0.1) is 3.57 Å². The second kappa shape index (κ2) is 5.94. The normalized spacial score (nSPS) is 10.3. The minimum Gasteiger partial charge on any atom is -0.489 e. The number of hydrogen-bond acceptors (Lipinski definition) is 1. The van der Waals surface area contributed by atoms with E-state index in [1.807, 2.05) is 36.4 Å². The van der Waals surface area contributed by atoms with Gasteiger partial charge in [-0.15, -0.1) is 0 Å². The van der Waals surface area contributed by atoms with Crippen LogP contribution in [0.25, 0.3) is 0 Å². The Morgan fingerprint density at radius 3 is 2.53 bits per heavy atom. The fourth-order valence-electron chi connectivity index (χ4n) is 1.35. The van der Waals surface area contributed by atoms with Crippen LogP contribution < -0.4 is 4.74 Å². The highest BCUT2D eigenvalue weighted by atomic mass is 127. The van der Waals surface area contributed by atoms with Crippen LogP contribution in [0.15, 0.2) is 42.5 Å². The third kappa shape index (κ3) is 3.76. The van der Waals surface area contributed by atoms with Crippen LogP contribution in [0.3, 0.4) is 0 Å². The number of hydrogen-bond donors (Lipinski definition) is 0. The summed E-state index contributed by atoms with van der Waals surface area (Å²) in [4.78, 5) is 0. The van der Waals surface area contributed by atoms with Crippen molar-refractivity contribution in [1.29, 1.82) is 0 Å². The maximum absolute atomic E-state index is 5.93. The van der Waals surface area contributed by atoms with Gasteiger partial charge in [-0.25, -0.2) is 0 Å². The molecule has 0 N–H and O–H groups in total. The van der Waals surface area contributed by atoms with Crippen molar-refractivity contribution >= 4 is 45.8 Å². The molecule has 2 rings (SSSR count). The van der Waals surface area contributed by atoms with Crippen LogP contribution in [0.2, 0.25) is 10.0 Å². The van der Waals surface area contributed by atoms with Crippen molar-refractivity contribution in [2.75, 3.05) is 0 Å². The zero-order chi connectivity index (χ0) is 12.3. The molecule has 4 heteroatoms. The highest BCUT2D eigenvalue weighted by Crippen LogP contribution is 2.23. The Morgan fingerprint density at radius 1 is 1.00 bits per heavy atom. The van der Waals surface area contributed by atoms with Crippen LogP contribution in [-0.2, 0) is 6.61 Å². The highest BCUT2D eigenvalue weighted by molar-refractivity contribution is 14.1. The summed E-state index contributed by atoms with van der Waals surface area (Å²) in [5, 5.41) is 1.11. The zero-order valence-electron chi connectivity index (χ0n) is 8.79. The Balaban J connectivity index is 2.05. The average Bonchev–Trinajstić information content (AvgIpc) is 2.31. The lowest BCUT2D eigenvalue weighted by Crippen LogP contribution is -1.95. The summed E-state index contributed by atoms with van der Waals surface area (Å²) in [5.74, 6) is 0.850. The Morgan fingerprint density at radius 2 is 1.82 bits per heavy atom. The predicted molar refractivity (Wildman–Crippen MR) is 80.0 cm³/mol. The molecule has 0 aliphatic heterocycles. The Kier molecular flexibility index (Phi) is 4.54. The Hall–Kier alpha value is -0.450.